The van der Waals surface area contributed by atoms with Crippen LogP contribution in [-0.2, 0) is 4.79 Å². The van der Waals surface area contributed by atoms with Crippen molar-refractivity contribution in [3.05, 3.63) is 0 Å². The zero-order valence-corrected chi connectivity index (χ0v) is 11.4. The summed E-state index contributed by atoms with van der Waals surface area (Å²) in [4.78, 5) is 11.8. The third kappa shape index (κ3) is 5.53. The van der Waals surface area contributed by atoms with Gasteiger partial charge in [-0.05, 0) is 38.1 Å². The molecule has 3 heteroatoms. The van der Waals surface area contributed by atoms with Gasteiger partial charge in [-0.25, -0.2) is 0 Å². The molecule has 0 bridgehead atoms. The first-order valence-corrected chi connectivity index (χ1v) is 7.13. The number of nitrogens with one attached hydrogen (secondary N) is 1. The molecule has 17 heavy (non-hydrogen) atoms. The van der Waals surface area contributed by atoms with Gasteiger partial charge < -0.3 is 11.1 Å². The minimum Gasteiger partial charge on any atom is -0.353 e. The van der Waals surface area contributed by atoms with Gasteiger partial charge in [-0.15, -0.1) is 0 Å². The van der Waals surface area contributed by atoms with Crippen LogP contribution in [0, 0.1) is 11.8 Å². The number of rotatable bonds is 5. The minimum absolute atomic E-state index is 0.166. The molecule has 1 fully saturated rings. The summed E-state index contributed by atoms with van der Waals surface area (Å²) in [6, 6.07) is 0.325. The highest BCUT2D eigenvalue weighted by molar-refractivity contribution is 5.76. The van der Waals surface area contributed by atoms with Crippen LogP contribution >= 0.6 is 0 Å². The molecule has 0 aliphatic heterocycles. The molecule has 3 nitrogen and oxygen atoms in total. The zero-order valence-electron chi connectivity index (χ0n) is 11.4. The van der Waals surface area contributed by atoms with E-state index in [1.807, 2.05) is 6.92 Å². The van der Waals surface area contributed by atoms with Crippen LogP contribution in [0.15, 0.2) is 0 Å². The summed E-state index contributed by atoms with van der Waals surface area (Å²) < 4.78 is 0. The van der Waals surface area contributed by atoms with Crippen LogP contribution in [0.4, 0.5) is 0 Å². The van der Waals surface area contributed by atoms with Gasteiger partial charge >= 0.3 is 0 Å². The van der Waals surface area contributed by atoms with Crippen LogP contribution in [0.2, 0.25) is 0 Å². The van der Waals surface area contributed by atoms with E-state index < -0.39 is 0 Å². The van der Waals surface area contributed by atoms with Crippen LogP contribution in [0.5, 0.6) is 0 Å². The number of hydrogen-bond acceptors (Lipinski definition) is 2. The van der Waals surface area contributed by atoms with E-state index in [0.29, 0.717) is 24.9 Å². The Hall–Kier alpha value is -0.570. The molecule has 2 atom stereocenters. The van der Waals surface area contributed by atoms with Gasteiger partial charge in [-0.2, -0.15) is 0 Å². The third-order valence-corrected chi connectivity index (χ3v) is 3.93. The highest BCUT2D eigenvalue weighted by atomic mass is 16.1. The lowest BCUT2D eigenvalue weighted by Gasteiger charge is -2.24. The van der Waals surface area contributed by atoms with Crippen molar-refractivity contribution >= 4 is 5.91 Å². The standard InChI is InChI=1S/C14H28N2O/c1-11(10-15)9-14(17)16-12(2)13-7-5-3-4-6-8-13/h11-13H,3-10,15H2,1-2H3,(H,16,17)/t11?,12-/m1/s1. The average molecular weight is 240 g/mol. The molecular formula is C14H28N2O. The molecule has 1 aliphatic carbocycles. The van der Waals surface area contributed by atoms with E-state index in [0.717, 1.165) is 0 Å². The van der Waals surface area contributed by atoms with Crippen molar-refractivity contribution in [2.45, 2.75) is 64.8 Å². The summed E-state index contributed by atoms with van der Waals surface area (Å²) in [5.41, 5.74) is 5.53. The second-order valence-electron chi connectivity index (χ2n) is 5.65. The topological polar surface area (TPSA) is 55.1 Å². The summed E-state index contributed by atoms with van der Waals surface area (Å²) in [5, 5.41) is 3.15. The first kappa shape index (κ1) is 14.5. The quantitative estimate of drug-likeness (QED) is 0.725. The molecule has 1 unspecified atom stereocenters. The Morgan fingerprint density at radius 3 is 2.35 bits per heavy atom. The third-order valence-electron chi connectivity index (χ3n) is 3.93. The Labute approximate surface area is 106 Å². The van der Waals surface area contributed by atoms with Gasteiger partial charge in [0.2, 0.25) is 5.91 Å². The van der Waals surface area contributed by atoms with E-state index in [1.165, 1.54) is 38.5 Å². The van der Waals surface area contributed by atoms with E-state index in [4.69, 9.17) is 5.73 Å². The zero-order chi connectivity index (χ0) is 12.7. The van der Waals surface area contributed by atoms with Gasteiger partial charge in [0.05, 0.1) is 0 Å². The van der Waals surface area contributed by atoms with E-state index in [9.17, 15) is 4.79 Å². The van der Waals surface area contributed by atoms with Crippen LogP contribution in [0.1, 0.15) is 58.8 Å². The van der Waals surface area contributed by atoms with Crippen molar-refractivity contribution in [1.29, 1.82) is 0 Å². The predicted octanol–water partition coefficient (Wildman–Crippen LogP) is 2.45. The van der Waals surface area contributed by atoms with E-state index in [1.54, 1.807) is 0 Å². The Morgan fingerprint density at radius 1 is 1.24 bits per heavy atom. The minimum atomic E-state index is 0.166. The van der Waals surface area contributed by atoms with Crippen molar-refractivity contribution in [2.75, 3.05) is 6.54 Å². The summed E-state index contributed by atoms with van der Waals surface area (Å²) in [6.07, 6.45) is 8.48. The Kier molecular flexibility index (Phi) is 6.56. The van der Waals surface area contributed by atoms with Crippen molar-refractivity contribution in [3.8, 4) is 0 Å². The second kappa shape index (κ2) is 7.70. The van der Waals surface area contributed by atoms with Crippen molar-refractivity contribution in [2.24, 2.45) is 17.6 Å². The van der Waals surface area contributed by atoms with E-state index in [2.05, 4.69) is 12.2 Å². The number of carbonyl (C=O) groups excluding carboxylic acids is 1. The smallest absolute Gasteiger partial charge is 0.220 e. The lowest BCUT2D eigenvalue weighted by Crippen LogP contribution is -2.39. The lowest BCUT2D eigenvalue weighted by molar-refractivity contribution is -0.122. The van der Waals surface area contributed by atoms with Crippen LogP contribution in [0.25, 0.3) is 0 Å². The molecule has 0 aromatic carbocycles. The second-order valence-corrected chi connectivity index (χ2v) is 5.65. The molecule has 0 aromatic heterocycles. The van der Waals surface area contributed by atoms with Gasteiger partial charge in [0.25, 0.3) is 0 Å². The molecule has 1 amide bonds. The molecule has 1 rings (SSSR count). The molecule has 0 spiro atoms. The van der Waals surface area contributed by atoms with Gasteiger partial charge in [-0.3, -0.25) is 4.79 Å². The molecule has 1 aliphatic rings. The normalized spacial score (nSPS) is 21.6. The summed E-state index contributed by atoms with van der Waals surface area (Å²) in [5.74, 6) is 1.13. The van der Waals surface area contributed by atoms with Crippen LogP contribution in [-0.4, -0.2) is 18.5 Å². The largest absolute Gasteiger partial charge is 0.353 e. The Morgan fingerprint density at radius 2 is 1.82 bits per heavy atom. The fourth-order valence-electron chi connectivity index (χ4n) is 2.64. The molecular weight excluding hydrogens is 212 g/mol. The first-order valence-electron chi connectivity index (χ1n) is 7.13. The lowest BCUT2D eigenvalue weighted by atomic mass is 9.92. The van der Waals surface area contributed by atoms with Crippen LogP contribution in [0.3, 0.4) is 0 Å². The van der Waals surface area contributed by atoms with E-state index >= 15 is 0 Å². The van der Waals surface area contributed by atoms with Crippen molar-refractivity contribution in [1.82, 2.24) is 5.32 Å². The number of hydrogen-bond donors (Lipinski definition) is 2. The van der Waals surface area contributed by atoms with Crippen molar-refractivity contribution < 1.29 is 4.79 Å². The van der Waals surface area contributed by atoms with Crippen LogP contribution < -0.4 is 11.1 Å². The molecule has 100 valence electrons. The highest BCUT2D eigenvalue weighted by Crippen LogP contribution is 2.25. The Bertz CT molecular complexity index is 222. The highest BCUT2D eigenvalue weighted by Gasteiger charge is 2.20. The number of nitrogens with two attached hydrogens (primary N) is 1. The Balaban J connectivity index is 2.31. The SMILES string of the molecule is CC(CN)CC(=O)N[C@H](C)C1CCCCCC1. The summed E-state index contributed by atoms with van der Waals surface area (Å²) in [7, 11) is 0. The number of carbonyl (C=O) groups is 1. The molecule has 0 radical (unpaired) electrons. The fraction of sp³-hybridized carbons (Fsp3) is 0.929. The maximum atomic E-state index is 11.8. The van der Waals surface area contributed by atoms with Gasteiger partial charge in [0.1, 0.15) is 0 Å². The molecule has 0 aromatic rings. The predicted molar refractivity (Wildman–Crippen MR) is 71.6 cm³/mol. The average Bonchev–Trinajstić information content (AvgIpc) is 2.57. The van der Waals surface area contributed by atoms with E-state index in [-0.39, 0.29) is 11.8 Å². The van der Waals surface area contributed by atoms with Gasteiger partial charge in [0.15, 0.2) is 0 Å². The summed E-state index contributed by atoms with van der Waals surface area (Å²) >= 11 is 0. The first-order chi connectivity index (χ1) is 8.13. The number of amides is 1. The monoisotopic (exact) mass is 240 g/mol. The maximum absolute atomic E-state index is 11.8. The molecule has 3 N–H and O–H groups in total. The summed E-state index contributed by atoms with van der Waals surface area (Å²) in [6.45, 7) is 4.77. The van der Waals surface area contributed by atoms with Crippen molar-refractivity contribution in [3.63, 3.8) is 0 Å². The fourth-order valence-corrected chi connectivity index (χ4v) is 2.64. The molecule has 0 heterocycles. The maximum Gasteiger partial charge on any atom is 0.220 e. The molecule has 1 saturated carbocycles. The van der Waals surface area contributed by atoms with Gasteiger partial charge in [-0.1, -0.05) is 32.6 Å². The van der Waals surface area contributed by atoms with Gasteiger partial charge in [0, 0.05) is 12.5 Å². The molecule has 0 saturated heterocycles.